The first-order valence-electron chi connectivity index (χ1n) is 10.4. The van der Waals surface area contributed by atoms with E-state index in [-0.39, 0.29) is 17.8 Å². The molecule has 1 aliphatic rings. The maximum Gasteiger partial charge on any atom is 0.167 e. The lowest BCUT2D eigenvalue weighted by Gasteiger charge is -2.32. The van der Waals surface area contributed by atoms with E-state index in [0.717, 1.165) is 50.3 Å². The van der Waals surface area contributed by atoms with E-state index >= 15 is 0 Å². The van der Waals surface area contributed by atoms with E-state index < -0.39 is 0 Å². The Balaban J connectivity index is 1.65. The summed E-state index contributed by atoms with van der Waals surface area (Å²) in [5.41, 5.74) is 1.99. The highest BCUT2D eigenvalue weighted by atomic mass is 16.5. The van der Waals surface area contributed by atoms with Crippen LogP contribution in [0.5, 0.6) is 5.75 Å². The molecule has 152 valence electrons. The first-order valence-corrected chi connectivity index (χ1v) is 10.4. The van der Waals surface area contributed by atoms with Crippen LogP contribution in [0.4, 0.5) is 0 Å². The Morgan fingerprint density at radius 3 is 2.86 bits per heavy atom. The quantitative estimate of drug-likeness (QED) is 0.633. The van der Waals surface area contributed by atoms with E-state index in [1.165, 1.54) is 5.69 Å². The lowest BCUT2D eigenvalue weighted by molar-refractivity contribution is 0.0808. The van der Waals surface area contributed by atoms with Crippen molar-refractivity contribution >= 4 is 5.78 Å². The smallest absolute Gasteiger partial charge is 0.167 e. The van der Waals surface area contributed by atoms with Crippen molar-refractivity contribution < 1.29 is 9.53 Å². The number of ether oxygens (including phenoxy) is 1. The first kappa shape index (κ1) is 20.6. The maximum atomic E-state index is 13.1. The fraction of sp³-hybridized carbons (Fsp3) is 0.565. The summed E-state index contributed by atoms with van der Waals surface area (Å²) in [6, 6.07) is 7.63. The van der Waals surface area contributed by atoms with Crippen LogP contribution in [0.1, 0.15) is 56.6 Å². The number of likely N-dealkylation sites (tertiary alicyclic amines) is 1. The summed E-state index contributed by atoms with van der Waals surface area (Å²) in [7, 11) is 0. The van der Waals surface area contributed by atoms with Crippen molar-refractivity contribution in [2.24, 2.45) is 11.8 Å². The van der Waals surface area contributed by atoms with Gasteiger partial charge in [-0.3, -0.25) is 9.69 Å². The molecule has 1 unspecified atom stereocenters. The lowest BCUT2D eigenvalue weighted by Crippen LogP contribution is -2.38. The Kier molecular flexibility index (Phi) is 6.89. The number of benzene rings is 1. The second kappa shape index (κ2) is 9.37. The molecule has 0 spiro atoms. The van der Waals surface area contributed by atoms with E-state index in [2.05, 4.69) is 28.3 Å². The minimum atomic E-state index is 0.0459. The number of hydrogen-bond donors (Lipinski definition) is 0. The normalized spacial score (nSPS) is 18.0. The van der Waals surface area contributed by atoms with Gasteiger partial charge in [-0.15, -0.1) is 0 Å². The number of imidazole rings is 1. The monoisotopic (exact) mass is 383 g/mol. The molecule has 1 saturated heterocycles. The van der Waals surface area contributed by atoms with E-state index in [9.17, 15) is 4.79 Å². The van der Waals surface area contributed by atoms with Gasteiger partial charge in [-0.1, -0.05) is 26.0 Å². The number of aromatic nitrogens is 2. The highest BCUT2D eigenvalue weighted by Gasteiger charge is 2.27. The molecule has 1 aromatic carbocycles. The Bertz CT molecular complexity index is 782. The number of nitrogens with zero attached hydrogens (tertiary/aromatic N) is 3. The van der Waals surface area contributed by atoms with Crippen molar-refractivity contribution in [1.29, 1.82) is 0 Å². The molecule has 0 bridgehead atoms. The molecule has 5 nitrogen and oxygen atoms in total. The predicted molar refractivity (Wildman–Crippen MR) is 112 cm³/mol. The third-order valence-corrected chi connectivity index (χ3v) is 5.11. The lowest BCUT2D eigenvalue weighted by atomic mass is 9.90. The molecule has 1 fully saturated rings. The van der Waals surface area contributed by atoms with Gasteiger partial charge in [0.1, 0.15) is 5.75 Å². The van der Waals surface area contributed by atoms with Gasteiger partial charge in [0.15, 0.2) is 5.78 Å². The van der Waals surface area contributed by atoms with Gasteiger partial charge in [0.2, 0.25) is 0 Å². The molecule has 28 heavy (non-hydrogen) atoms. The third-order valence-electron chi connectivity index (χ3n) is 5.11. The number of piperidine rings is 1. The molecule has 0 saturated carbocycles. The molecule has 0 amide bonds. The van der Waals surface area contributed by atoms with Crippen molar-refractivity contribution in [3.63, 3.8) is 0 Å². The molecule has 1 aliphatic heterocycles. The number of Topliss-reactive ketones (excluding diaryl/α,β-unsaturated/α-hetero) is 1. The fourth-order valence-corrected chi connectivity index (χ4v) is 3.91. The molecule has 1 atom stereocenters. The van der Waals surface area contributed by atoms with Crippen LogP contribution in [0, 0.1) is 11.8 Å². The van der Waals surface area contributed by atoms with Crippen molar-refractivity contribution in [3.05, 3.63) is 48.0 Å². The standard InChI is InChI=1S/C23H33N3O2/c1-17(2)13-26-16-24-12-21(26)15-25-10-6-8-20(14-25)23(27)19-7-5-9-22(11-19)28-18(3)4/h5,7,9,11-12,16-18,20H,6,8,10,13-15H2,1-4H3. The van der Waals surface area contributed by atoms with E-state index in [0.29, 0.717) is 5.92 Å². The van der Waals surface area contributed by atoms with Crippen LogP contribution in [-0.4, -0.2) is 39.4 Å². The predicted octanol–water partition coefficient (Wildman–Crippen LogP) is 4.42. The number of ketones is 1. The number of carbonyl (C=O) groups is 1. The van der Waals surface area contributed by atoms with Gasteiger partial charge < -0.3 is 9.30 Å². The summed E-state index contributed by atoms with van der Waals surface area (Å²) in [4.78, 5) is 19.8. The van der Waals surface area contributed by atoms with Gasteiger partial charge in [0.05, 0.1) is 18.1 Å². The molecule has 3 rings (SSSR count). The molecular weight excluding hydrogens is 350 g/mol. The van der Waals surface area contributed by atoms with E-state index in [1.807, 2.05) is 50.6 Å². The van der Waals surface area contributed by atoms with Crippen molar-refractivity contribution in [2.75, 3.05) is 13.1 Å². The van der Waals surface area contributed by atoms with Gasteiger partial charge in [-0.2, -0.15) is 0 Å². The van der Waals surface area contributed by atoms with Gasteiger partial charge in [-0.05, 0) is 51.3 Å². The van der Waals surface area contributed by atoms with E-state index in [1.54, 1.807) is 0 Å². The highest BCUT2D eigenvalue weighted by Crippen LogP contribution is 2.24. The van der Waals surface area contributed by atoms with Gasteiger partial charge in [0, 0.05) is 37.3 Å². The summed E-state index contributed by atoms with van der Waals surface area (Å²) >= 11 is 0. The zero-order chi connectivity index (χ0) is 20.1. The Morgan fingerprint density at radius 1 is 1.29 bits per heavy atom. The number of hydrogen-bond acceptors (Lipinski definition) is 4. The molecule has 1 aromatic heterocycles. The molecule has 0 radical (unpaired) electrons. The maximum absolute atomic E-state index is 13.1. The summed E-state index contributed by atoms with van der Waals surface area (Å²) in [5.74, 6) is 1.63. The molecule has 2 heterocycles. The molecule has 0 N–H and O–H groups in total. The Morgan fingerprint density at radius 2 is 2.11 bits per heavy atom. The van der Waals surface area contributed by atoms with Crippen LogP contribution in [0.2, 0.25) is 0 Å². The zero-order valence-corrected chi connectivity index (χ0v) is 17.6. The average molecular weight is 384 g/mol. The van der Waals surface area contributed by atoms with Crippen LogP contribution in [-0.2, 0) is 13.1 Å². The SMILES string of the molecule is CC(C)Cn1cncc1CN1CCCC(C(=O)c2cccc(OC(C)C)c2)C1. The van der Waals surface area contributed by atoms with Crippen LogP contribution < -0.4 is 4.74 Å². The molecular formula is C23H33N3O2. The minimum Gasteiger partial charge on any atom is -0.491 e. The fourth-order valence-electron chi connectivity index (χ4n) is 3.91. The largest absolute Gasteiger partial charge is 0.491 e. The van der Waals surface area contributed by atoms with Crippen LogP contribution in [0.3, 0.4) is 0 Å². The van der Waals surface area contributed by atoms with Crippen LogP contribution >= 0.6 is 0 Å². The molecule has 2 aromatic rings. The summed E-state index contributed by atoms with van der Waals surface area (Å²) < 4.78 is 7.99. The topological polar surface area (TPSA) is 47.4 Å². The zero-order valence-electron chi connectivity index (χ0n) is 17.6. The average Bonchev–Trinajstić information content (AvgIpc) is 3.07. The molecule has 5 heteroatoms. The number of rotatable bonds is 8. The van der Waals surface area contributed by atoms with Crippen LogP contribution in [0.25, 0.3) is 0 Å². The third kappa shape index (κ3) is 5.44. The summed E-state index contributed by atoms with van der Waals surface area (Å²) in [6.07, 6.45) is 5.99. The Labute approximate surface area is 168 Å². The van der Waals surface area contributed by atoms with Gasteiger partial charge in [-0.25, -0.2) is 4.98 Å². The van der Waals surface area contributed by atoms with E-state index in [4.69, 9.17) is 4.74 Å². The number of carbonyl (C=O) groups excluding carboxylic acids is 1. The van der Waals surface area contributed by atoms with Gasteiger partial charge >= 0.3 is 0 Å². The summed E-state index contributed by atoms with van der Waals surface area (Å²) in [5, 5.41) is 0. The highest BCUT2D eigenvalue weighted by molar-refractivity contribution is 5.98. The van der Waals surface area contributed by atoms with Gasteiger partial charge in [0.25, 0.3) is 0 Å². The molecule has 0 aliphatic carbocycles. The minimum absolute atomic E-state index is 0.0459. The first-order chi connectivity index (χ1) is 13.4. The second-order valence-corrected chi connectivity index (χ2v) is 8.56. The van der Waals surface area contributed by atoms with Crippen molar-refractivity contribution in [3.8, 4) is 5.75 Å². The Hall–Kier alpha value is -2.14. The van der Waals surface area contributed by atoms with Crippen molar-refractivity contribution in [2.45, 2.75) is 59.7 Å². The van der Waals surface area contributed by atoms with Crippen LogP contribution in [0.15, 0.2) is 36.8 Å². The summed E-state index contributed by atoms with van der Waals surface area (Å²) in [6.45, 7) is 12.1. The second-order valence-electron chi connectivity index (χ2n) is 8.56. The van der Waals surface area contributed by atoms with Crippen molar-refractivity contribution in [1.82, 2.24) is 14.5 Å².